The summed E-state index contributed by atoms with van der Waals surface area (Å²) in [6.07, 6.45) is 0. The minimum absolute atomic E-state index is 0.102. The highest BCUT2D eigenvalue weighted by molar-refractivity contribution is 7.22. The van der Waals surface area contributed by atoms with Gasteiger partial charge in [-0.15, -0.1) is 0 Å². The predicted molar refractivity (Wildman–Crippen MR) is 110 cm³/mol. The van der Waals surface area contributed by atoms with Crippen LogP contribution in [0.4, 0.5) is 5.13 Å². The number of benzene rings is 2. The topological polar surface area (TPSA) is 60.2 Å². The summed E-state index contributed by atoms with van der Waals surface area (Å²) in [5.41, 5.74) is 4.36. The molecule has 0 radical (unpaired) electrons. The van der Waals surface area contributed by atoms with Gasteiger partial charge in [0.1, 0.15) is 0 Å². The average Bonchev–Trinajstić information content (AvgIpc) is 3.05. The Labute approximate surface area is 163 Å². The Kier molecular flexibility index (Phi) is 5.54. The molecule has 3 aromatic rings. The first-order valence-electron chi connectivity index (χ1n) is 8.73. The van der Waals surface area contributed by atoms with Crippen LogP contribution in [0, 0.1) is 25.2 Å². The zero-order valence-electron chi connectivity index (χ0n) is 16.0. The number of hydrogen-bond donors (Lipinski definition) is 0. The van der Waals surface area contributed by atoms with Gasteiger partial charge >= 0.3 is 0 Å². The monoisotopic (exact) mass is 378 g/mol. The first kappa shape index (κ1) is 19.0. The average molecular weight is 379 g/mol. The van der Waals surface area contributed by atoms with Crippen molar-refractivity contribution in [2.24, 2.45) is 0 Å². The minimum Gasteiger partial charge on any atom is -0.308 e. The minimum atomic E-state index is -0.102. The maximum Gasteiger partial charge on any atom is 0.260 e. The summed E-state index contributed by atoms with van der Waals surface area (Å²) in [6.45, 7) is 5.40. The molecule has 0 unspecified atom stereocenters. The molecule has 5 nitrogen and oxygen atoms in total. The van der Waals surface area contributed by atoms with Crippen LogP contribution in [0.3, 0.4) is 0 Å². The predicted octanol–water partition coefficient (Wildman–Crippen LogP) is 3.99. The van der Waals surface area contributed by atoms with Gasteiger partial charge in [0.15, 0.2) is 5.13 Å². The van der Waals surface area contributed by atoms with Crippen molar-refractivity contribution in [1.82, 2.24) is 9.88 Å². The molecule has 1 aromatic heterocycles. The molecule has 0 fully saturated rings. The van der Waals surface area contributed by atoms with E-state index in [1.54, 1.807) is 40.5 Å². The number of hydrogen-bond acceptors (Lipinski definition) is 5. The highest BCUT2D eigenvalue weighted by Gasteiger charge is 2.22. The fourth-order valence-corrected chi connectivity index (χ4v) is 3.95. The van der Waals surface area contributed by atoms with Crippen LogP contribution in [-0.4, -0.2) is 43.0 Å². The van der Waals surface area contributed by atoms with E-state index < -0.39 is 0 Å². The Bertz CT molecular complexity index is 1020. The quantitative estimate of drug-likeness (QED) is 0.673. The zero-order chi connectivity index (χ0) is 19.6. The number of carbonyl (C=O) groups is 1. The van der Waals surface area contributed by atoms with Crippen molar-refractivity contribution < 1.29 is 4.79 Å². The standard InChI is InChI=1S/C21H22N4OS/c1-14-11-15(2)19-18(12-14)23-21(27-19)25(10-9-24(3)4)20(26)17-7-5-16(13-22)6-8-17/h5-8,11-12H,9-10H2,1-4H3. The second-order valence-electron chi connectivity index (χ2n) is 6.88. The number of amides is 1. The summed E-state index contributed by atoms with van der Waals surface area (Å²) in [4.78, 5) is 21.7. The van der Waals surface area contributed by atoms with E-state index in [9.17, 15) is 4.79 Å². The van der Waals surface area contributed by atoms with Gasteiger partial charge in [0.05, 0.1) is 21.8 Å². The molecule has 0 N–H and O–H groups in total. The summed E-state index contributed by atoms with van der Waals surface area (Å²) in [5.74, 6) is -0.102. The largest absolute Gasteiger partial charge is 0.308 e. The van der Waals surface area contributed by atoms with E-state index in [4.69, 9.17) is 10.2 Å². The molecule has 1 amide bonds. The second-order valence-corrected chi connectivity index (χ2v) is 7.85. The number of thiazole rings is 1. The molecule has 3 rings (SSSR count). The lowest BCUT2D eigenvalue weighted by atomic mass is 10.1. The molecule has 0 saturated heterocycles. The number of nitrogens with zero attached hydrogens (tertiary/aromatic N) is 4. The van der Waals surface area contributed by atoms with E-state index in [2.05, 4.69) is 32.0 Å². The van der Waals surface area contributed by atoms with E-state index in [-0.39, 0.29) is 5.91 Å². The zero-order valence-corrected chi connectivity index (χ0v) is 16.8. The smallest absolute Gasteiger partial charge is 0.260 e. The number of likely N-dealkylation sites (N-methyl/N-ethyl adjacent to an activating group) is 1. The lowest BCUT2D eigenvalue weighted by molar-refractivity contribution is 0.0985. The van der Waals surface area contributed by atoms with Gasteiger partial charge in [-0.2, -0.15) is 5.26 Å². The maximum absolute atomic E-state index is 13.2. The Morgan fingerprint density at radius 1 is 1.15 bits per heavy atom. The third-order valence-electron chi connectivity index (χ3n) is 4.32. The molecule has 0 aliphatic rings. The van der Waals surface area contributed by atoms with Crippen molar-refractivity contribution in [2.45, 2.75) is 13.8 Å². The van der Waals surface area contributed by atoms with E-state index in [0.29, 0.717) is 22.8 Å². The van der Waals surface area contributed by atoms with Crippen molar-refractivity contribution in [2.75, 3.05) is 32.1 Å². The van der Waals surface area contributed by atoms with Crippen LogP contribution in [0.2, 0.25) is 0 Å². The first-order chi connectivity index (χ1) is 12.9. The Hall–Kier alpha value is -2.75. The molecule has 0 saturated carbocycles. The fourth-order valence-electron chi connectivity index (χ4n) is 2.91. The van der Waals surface area contributed by atoms with Crippen molar-refractivity contribution in [1.29, 1.82) is 5.26 Å². The van der Waals surface area contributed by atoms with E-state index in [0.717, 1.165) is 22.3 Å². The van der Waals surface area contributed by atoms with Gasteiger partial charge in [0.2, 0.25) is 0 Å². The lowest BCUT2D eigenvalue weighted by Crippen LogP contribution is -2.36. The molecular weight excluding hydrogens is 356 g/mol. The Morgan fingerprint density at radius 3 is 2.48 bits per heavy atom. The number of aromatic nitrogens is 1. The van der Waals surface area contributed by atoms with Gasteiger partial charge in [0.25, 0.3) is 5.91 Å². The summed E-state index contributed by atoms with van der Waals surface area (Å²) in [7, 11) is 3.96. The number of rotatable bonds is 5. The third kappa shape index (κ3) is 4.16. The van der Waals surface area contributed by atoms with Crippen LogP contribution >= 0.6 is 11.3 Å². The Balaban J connectivity index is 2.01. The van der Waals surface area contributed by atoms with Gasteiger partial charge in [0, 0.05) is 18.7 Å². The number of anilines is 1. The van der Waals surface area contributed by atoms with E-state index in [1.807, 2.05) is 19.0 Å². The van der Waals surface area contributed by atoms with Crippen LogP contribution in [0.1, 0.15) is 27.0 Å². The normalized spacial score (nSPS) is 11.0. The molecular formula is C21H22N4OS. The van der Waals surface area contributed by atoms with Gasteiger partial charge in [-0.1, -0.05) is 17.4 Å². The third-order valence-corrected chi connectivity index (χ3v) is 5.55. The van der Waals surface area contributed by atoms with E-state index in [1.165, 1.54) is 5.56 Å². The van der Waals surface area contributed by atoms with Gasteiger partial charge in [-0.05, 0) is 69.4 Å². The van der Waals surface area contributed by atoms with Crippen molar-refractivity contribution in [3.8, 4) is 6.07 Å². The van der Waals surface area contributed by atoms with Crippen molar-refractivity contribution in [3.05, 3.63) is 58.7 Å². The Morgan fingerprint density at radius 2 is 1.85 bits per heavy atom. The van der Waals surface area contributed by atoms with Gasteiger partial charge in [-0.25, -0.2) is 4.98 Å². The van der Waals surface area contributed by atoms with Crippen LogP contribution in [0.15, 0.2) is 36.4 Å². The maximum atomic E-state index is 13.2. The molecule has 0 spiro atoms. The molecule has 2 aromatic carbocycles. The van der Waals surface area contributed by atoms with E-state index >= 15 is 0 Å². The highest BCUT2D eigenvalue weighted by Crippen LogP contribution is 2.32. The number of nitriles is 1. The number of aryl methyl sites for hydroxylation is 2. The van der Waals surface area contributed by atoms with Gasteiger partial charge in [-0.3, -0.25) is 9.69 Å². The molecule has 138 valence electrons. The molecule has 1 heterocycles. The molecule has 0 aliphatic heterocycles. The number of carbonyl (C=O) groups excluding carboxylic acids is 1. The highest BCUT2D eigenvalue weighted by atomic mass is 32.1. The molecule has 0 bridgehead atoms. The molecule has 0 atom stereocenters. The summed E-state index contributed by atoms with van der Waals surface area (Å²) < 4.78 is 1.11. The van der Waals surface area contributed by atoms with Crippen LogP contribution in [0.25, 0.3) is 10.2 Å². The molecule has 0 aliphatic carbocycles. The van der Waals surface area contributed by atoms with Crippen LogP contribution in [0.5, 0.6) is 0 Å². The fraction of sp³-hybridized carbons (Fsp3) is 0.286. The summed E-state index contributed by atoms with van der Waals surface area (Å²) >= 11 is 1.55. The van der Waals surface area contributed by atoms with Crippen molar-refractivity contribution in [3.63, 3.8) is 0 Å². The first-order valence-corrected chi connectivity index (χ1v) is 9.55. The molecule has 6 heteroatoms. The summed E-state index contributed by atoms with van der Waals surface area (Å²) in [6, 6.07) is 13.0. The summed E-state index contributed by atoms with van der Waals surface area (Å²) in [5, 5.41) is 9.67. The van der Waals surface area contributed by atoms with Crippen molar-refractivity contribution >= 4 is 32.6 Å². The van der Waals surface area contributed by atoms with Crippen LogP contribution < -0.4 is 4.90 Å². The molecule has 27 heavy (non-hydrogen) atoms. The van der Waals surface area contributed by atoms with Gasteiger partial charge < -0.3 is 4.90 Å². The second kappa shape index (κ2) is 7.87. The number of fused-ring (bicyclic) bond motifs is 1. The SMILES string of the molecule is Cc1cc(C)c2sc(N(CCN(C)C)C(=O)c3ccc(C#N)cc3)nc2c1. The van der Waals surface area contributed by atoms with Crippen LogP contribution in [-0.2, 0) is 0 Å². The lowest BCUT2D eigenvalue weighted by Gasteiger charge is -2.22.